The first-order chi connectivity index (χ1) is 14.3. The number of fused-ring (bicyclic) bond motifs is 1. The van der Waals surface area contributed by atoms with Crippen molar-refractivity contribution in [3.8, 4) is 12.3 Å². The second-order valence-electron chi connectivity index (χ2n) is 7.16. The molecule has 1 aliphatic heterocycles. The van der Waals surface area contributed by atoms with Crippen LogP contribution in [0.3, 0.4) is 0 Å². The van der Waals surface area contributed by atoms with Crippen molar-refractivity contribution in [1.82, 2.24) is 14.8 Å². The Kier molecular flexibility index (Phi) is 6.50. The lowest BCUT2D eigenvalue weighted by Gasteiger charge is -2.24. The highest BCUT2D eigenvalue weighted by molar-refractivity contribution is 5.90. The van der Waals surface area contributed by atoms with Crippen molar-refractivity contribution < 1.29 is 23.1 Å². The molecule has 1 aliphatic carbocycles. The Morgan fingerprint density at radius 1 is 1.40 bits per heavy atom. The maximum Gasteiger partial charge on any atom is 0.490 e. The van der Waals surface area contributed by atoms with E-state index >= 15 is 0 Å². The highest BCUT2D eigenvalue weighted by Crippen LogP contribution is 2.37. The van der Waals surface area contributed by atoms with Gasteiger partial charge >= 0.3 is 12.1 Å². The Labute approximate surface area is 171 Å². The van der Waals surface area contributed by atoms with E-state index in [1.807, 2.05) is 24.7 Å². The van der Waals surface area contributed by atoms with E-state index in [1.165, 1.54) is 25.7 Å². The first-order valence-electron chi connectivity index (χ1n) is 9.53. The molecule has 1 atom stereocenters. The highest BCUT2D eigenvalue weighted by atomic mass is 19.4. The molecule has 0 spiro atoms. The van der Waals surface area contributed by atoms with Gasteiger partial charge in [0.25, 0.3) is 0 Å². The number of aliphatic imine (C=N–C) groups is 1. The number of halogens is 3. The first kappa shape index (κ1) is 21.5. The van der Waals surface area contributed by atoms with E-state index in [0.29, 0.717) is 18.6 Å². The molecule has 0 radical (unpaired) electrons. The van der Waals surface area contributed by atoms with Crippen LogP contribution in [0.5, 0.6) is 0 Å². The summed E-state index contributed by atoms with van der Waals surface area (Å²) in [5, 5.41) is 11.8. The van der Waals surface area contributed by atoms with E-state index in [1.54, 1.807) is 0 Å². The van der Waals surface area contributed by atoms with Gasteiger partial charge in [0.1, 0.15) is 12.5 Å². The largest absolute Gasteiger partial charge is 0.490 e. The van der Waals surface area contributed by atoms with Crippen molar-refractivity contribution in [1.29, 1.82) is 0 Å². The topological polar surface area (TPSA) is 86.5 Å². The van der Waals surface area contributed by atoms with Crippen molar-refractivity contribution in [2.45, 2.75) is 44.3 Å². The Morgan fingerprint density at radius 3 is 2.73 bits per heavy atom. The Hall–Kier alpha value is -3.22. The average molecular weight is 421 g/mol. The molecule has 0 aromatic carbocycles. The van der Waals surface area contributed by atoms with Gasteiger partial charge in [-0.25, -0.2) is 4.79 Å². The van der Waals surface area contributed by atoms with E-state index in [0.717, 1.165) is 23.5 Å². The lowest BCUT2D eigenvalue weighted by atomic mass is 9.96. The van der Waals surface area contributed by atoms with E-state index in [-0.39, 0.29) is 0 Å². The lowest BCUT2D eigenvalue weighted by Crippen LogP contribution is -2.21. The van der Waals surface area contributed by atoms with Gasteiger partial charge in [-0.2, -0.15) is 18.3 Å². The predicted molar refractivity (Wildman–Crippen MR) is 106 cm³/mol. The van der Waals surface area contributed by atoms with Crippen LogP contribution < -0.4 is 4.90 Å². The number of H-pyrrole nitrogens is 1. The minimum absolute atomic E-state index is 0.313. The molecule has 10 heteroatoms. The van der Waals surface area contributed by atoms with Crippen LogP contribution in [0.1, 0.15) is 43.7 Å². The van der Waals surface area contributed by atoms with E-state index in [2.05, 4.69) is 36.8 Å². The van der Waals surface area contributed by atoms with Crippen LogP contribution in [0.15, 0.2) is 29.6 Å². The molecule has 1 unspecified atom stereocenters. The number of carbonyl (C=O) groups is 1. The highest BCUT2D eigenvalue weighted by Gasteiger charge is 2.38. The average Bonchev–Trinajstić information content (AvgIpc) is 3.47. The molecular weight excluding hydrogens is 399 g/mol. The molecule has 30 heavy (non-hydrogen) atoms. The zero-order chi connectivity index (χ0) is 21.7. The molecule has 2 aromatic rings. The summed E-state index contributed by atoms with van der Waals surface area (Å²) in [7, 11) is 0. The maximum absolute atomic E-state index is 10.6. The number of nitrogens with one attached hydrogen (secondary N) is 1. The molecule has 160 valence electrons. The molecule has 1 saturated carbocycles. The van der Waals surface area contributed by atoms with Gasteiger partial charge in [-0.1, -0.05) is 12.8 Å². The number of aliphatic carboxylic acids is 1. The fourth-order valence-electron chi connectivity index (χ4n) is 3.80. The van der Waals surface area contributed by atoms with Crippen LogP contribution in [0.2, 0.25) is 0 Å². The van der Waals surface area contributed by atoms with E-state index < -0.39 is 12.1 Å². The van der Waals surface area contributed by atoms with Crippen LogP contribution in [0, 0.1) is 18.3 Å². The summed E-state index contributed by atoms with van der Waals surface area (Å²) in [6, 6.07) is 2.35. The third-order valence-electron chi connectivity index (χ3n) is 5.23. The monoisotopic (exact) mass is 421 g/mol. The van der Waals surface area contributed by atoms with Gasteiger partial charge in [0.2, 0.25) is 0 Å². The zero-order valence-corrected chi connectivity index (χ0v) is 16.1. The molecule has 2 aromatic heterocycles. The van der Waals surface area contributed by atoms with Crippen molar-refractivity contribution in [3.63, 3.8) is 0 Å². The smallest absolute Gasteiger partial charge is 0.475 e. The Bertz CT molecular complexity index is 935. The van der Waals surface area contributed by atoms with Gasteiger partial charge in [-0.3, -0.25) is 9.67 Å². The lowest BCUT2D eigenvalue weighted by molar-refractivity contribution is -0.192. The number of hydrogen-bond acceptors (Lipinski definition) is 4. The van der Waals surface area contributed by atoms with Crippen molar-refractivity contribution in [3.05, 3.63) is 30.2 Å². The van der Waals surface area contributed by atoms with Crippen LogP contribution in [0.4, 0.5) is 24.7 Å². The van der Waals surface area contributed by atoms with Gasteiger partial charge in [0.15, 0.2) is 0 Å². The minimum atomic E-state index is -5.08. The van der Waals surface area contributed by atoms with Crippen LogP contribution >= 0.6 is 0 Å². The number of carboxylic acid groups (broad SMARTS) is 1. The molecule has 2 aliphatic rings. The second-order valence-corrected chi connectivity index (χ2v) is 7.16. The third-order valence-corrected chi connectivity index (χ3v) is 5.23. The van der Waals surface area contributed by atoms with Gasteiger partial charge in [0.05, 0.1) is 17.9 Å². The quantitative estimate of drug-likeness (QED) is 0.727. The number of nitrogens with zero attached hydrogens (tertiary/aromatic N) is 4. The van der Waals surface area contributed by atoms with Gasteiger partial charge in [-0.05, 0) is 24.8 Å². The molecule has 2 N–H and O–H groups in total. The SMILES string of the molecule is C#CCC(C1CCCC1)n1cc(N2CN=Cc3cc[nH]c32)cn1.O=C(O)C(F)(F)F. The number of hydrogen-bond donors (Lipinski definition) is 2. The first-order valence-corrected chi connectivity index (χ1v) is 9.53. The summed E-state index contributed by atoms with van der Waals surface area (Å²) in [6.45, 7) is 0.614. The number of anilines is 2. The zero-order valence-electron chi connectivity index (χ0n) is 16.1. The summed E-state index contributed by atoms with van der Waals surface area (Å²) in [4.78, 5) is 18.8. The number of terminal acetylenes is 1. The van der Waals surface area contributed by atoms with Gasteiger partial charge < -0.3 is 15.0 Å². The number of aromatic nitrogens is 3. The molecule has 0 saturated heterocycles. The summed E-state index contributed by atoms with van der Waals surface area (Å²) in [6.07, 6.45) is 14.3. The Morgan fingerprint density at radius 2 is 2.10 bits per heavy atom. The minimum Gasteiger partial charge on any atom is -0.475 e. The molecule has 0 amide bonds. The van der Waals surface area contributed by atoms with E-state index in [9.17, 15) is 13.2 Å². The summed E-state index contributed by atoms with van der Waals surface area (Å²) in [5.41, 5.74) is 2.17. The van der Waals surface area contributed by atoms with Crippen LogP contribution in [0.25, 0.3) is 0 Å². The molecule has 7 nitrogen and oxygen atoms in total. The number of carboxylic acids is 1. The van der Waals surface area contributed by atoms with Crippen molar-refractivity contribution in [2.75, 3.05) is 11.6 Å². The standard InChI is InChI=1S/C18H21N5.C2HF3O2/c1-2-5-17(14-6-3-4-7-14)23-12-16(11-21-23)22-13-19-10-15-8-9-20-18(15)22;3-2(4,5)1(6)7/h1,8-12,14,17,20H,3-7,13H2;(H,6,7). The van der Waals surface area contributed by atoms with Crippen molar-refractivity contribution >= 4 is 23.7 Å². The number of alkyl halides is 3. The summed E-state index contributed by atoms with van der Waals surface area (Å²) < 4.78 is 33.8. The number of aromatic amines is 1. The Balaban J connectivity index is 0.000000318. The molecule has 1 fully saturated rings. The second kappa shape index (κ2) is 9.07. The molecule has 3 heterocycles. The predicted octanol–water partition coefficient (Wildman–Crippen LogP) is 4.13. The molecular formula is C20H22F3N5O2. The fourth-order valence-corrected chi connectivity index (χ4v) is 3.80. The van der Waals surface area contributed by atoms with E-state index in [4.69, 9.17) is 16.3 Å². The van der Waals surface area contributed by atoms with Crippen LogP contribution in [-0.4, -0.2) is 44.9 Å². The van der Waals surface area contributed by atoms with Gasteiger partial charge in [0, 0.05) is 30.6 Å². The third kappa shape index (κ3) is 4.84. The molecule has 0 bridgehead atoms. The summed E-state index contributed by atoms with van der Waals surface area (Å²) in [5.74, 6) is 1.81. The fraction of sp³-hybridized carbons (Fsp3) is 0.450. The normalized spacial score (nSPS) is 17.1. The maximum atomic E-state index is 10.6. The van der Waals surface area contributed by atoms with Crippen LogP contribution in [-0.2, 0) is 4.79 Å². The molecule has 4 rings (SSSR count). The van der Waals surface area contributed by atoms with Crippen molar-refractivity contribution in [2.24, 2.45) is 10.9 Å². The summed E-state index contributed by atoms with van der Waals surface area (Å²) >= 11 is 0. The van der Waals surface area contributed by atoms with Gasteiger partial charge in [-0.15, -0.1) is 12.3 Å². The number of rotatable bonds is 4.